The predicted octanol–water partition coefficient (Wildman–Crippen LogP) is 0.455. The van der Waals surface area contributed by atoms with Gasteiger partial charge in [0.15, 0.2) is 0 Å². The number of aliphatic carboxylic acids is 1. The third-order valence-corrected chi connectivity index (χ3v) is 3.42. The molecule has 0 aromatic heterocycles. The predicted molar refractivity (Wildman–Crippen MR) is 73.2 cm³/mol. The van der Waals surface area contributed by atoms with E-state index in [-0.39, 0.29) is 24.4 Å². The van der Waals surface area contributed by atoms with Crippen molar-refractivity contribution in [2.45, 2.75) is 45.1 Å². The van der Waals surface area contributed by atoms with E-state index in [0.29, 0.717) is 19.4 Å². The fourth-order valence-corrected chi connectivity index (χ4v) is 2.24. The van der Waals surface area contributed by atoms with Crippen LogP contribution in [0.25, 0.3) is 0 Å². The zero-order valence-corrected chi connectivity index (χ0v) is 11.8. The molecule has 0 bridgehead atoms. The second-order valence-corrected chi connectivity index (χ2v) is 5.07. The number of carboxylic acids is 1. The van der Waals surface area contributed by atoms with E-state index in [1.165, 1.54) is 0 Å². The van der Waals surface area contributed by atoms with Crippen LogP contribution in [0.15, 0.2) is 0 Å². The number of urea groups is 1. The summed E-state index contributed by atoms with van der Waals surface area (Å²) in [7, 11) is 0. The summed E-state index contributed by atoms with van der Waals surface area (Å²) in [6.07, 6.45) is 3.56. The summed E-state index contributed by atoms with van der Waals surface area (Å²) in [6.45, 7) is 2.53. The van der Waals surface area contributed by atoms with Crippen LogP contribution >= 0.6 is 0 Å². The molecule has 20 heavy (non-hydrogen) atoms. The second kappa shape index (κ2) is 8.52. The Labute approximate surface area is 118 Å². The highest BCUT2D eigenvalue weighted by atomic mass is 16.4. The number of carbonyl (C=O) groups is 3. The van der Waals surface area contributed by atoms with Crippen LogP contribution in [0, 0.1) is 5.92 Å². The highest BCUT2D eigenvalue weighted by Gasteiger charge is 2.25. The van der Waals surface area contributed by atoms with Crippen molar-refractivity contribution in [2.75, 3.05) is 13.1 Å². The molecule has 1 aliphatic rings. The summed E-state index contributed by atoms with van der Waals surface area (Å²) >= 11 is 0. The molecule has 0 aliphatic heterocycles. The Morgan fingerprint density at radius 1 is 1.15 bits per heavy atom. The van der Waals surface area contributed by atoms with E-state index in [9.17, 15) is 14.4 Å². The van der Waals surface area contributed by atoms with Crippen LogP contribution in [0.2, 0.25) is 0 Å². The molecule has 0 aromatic rings. The van der Waals surface area contributed by atoms with Crippen molar-refractivity contribution < 1.29 is 19.5 Å². The molecular weight excluding hydrogens is 262 g/mol. The Bertz CT molecular complexity index is 352. The van der Waals surface area contributed by atoms with Crippen LogP contribution < -0.4 is 16.0 Å². The minimum Gasteiger partial charge on any atom is -0.481 e. The quantitative estimate of drug-likeness (QED) is 0.567. The molecule has 0 saturated heterocycles. The maximum absolute atomic E-state index is 11.5. The topological polar surface area (TPSA) is 108 Å². The summed E-state index contributed by atoms with van der Waals surface area (Å²) in [5, 5.41) is 16.7. The van der Waals surface area contributed by atoms with E-state index in [1.54, 1.807) is 0 Å². The van der Waals surface area contributed by atoms with Crippen LogP contribution in [-0.4, -0.2) is 42.1 Å². The SMILES string of the molecule is CCCNC(=O)NC(=O)CNC1CCC(C(=O)O)CC1. The van der Waals surface area contributed by atoms with Crippen LogP contribution in [0.1, 0.15) is 39.0 Å². The molecule has 1 aliphatic carbocycles. The maximum atomic E-state index is 11.5. The number of amides is 3. The summed E-state index contributed by atoms with van der Waals surface area (Å²) < 4.78 is 0. The molecule has 7 nitrogen and oxygen atoms in total. The smallest absolute Gasteiger partial charge is 0.321 e. The highest BCUT2D eigenvalue weighted by molar-refractivity contribution is 5.95. The second-order valence-electron chi connectivity index (χ2n) is 5.07. The average molecular weight is 285 g/mol. The summed E-state index contributed by atoms with van der Waals surface area (Å²) in [5.74, 6) is -1.38. The van der Waals surface area contributed by atoms with Gasteiger partial charge in [-0.15, -0.1) is 0 Å². The number of hydrogen-bond donors (Lipinski definition) is 4. The first kappa shape index (κ1) is 16.4. The maximum Gasteiger partial charge on any atom is 0.321 e. The van der Waals surface area contributed by atoms with Crippen LogP contribution in [-0.2, 0) is 9.59 Å². The van der Waals surface area contributed by atoms with Crippen molar-refractivity contribution in [2.24, 2.45) is 5.92 Å². The number of nitrogens with one attached hydrogen (secondary N) is 3. The number of hydrogen-bond acceptors (Lipinski definition) is 4. The Kier molecular flexibility index (Phi) is 7.00. The van der Waals surface area contributed by atoms with Gasteiger partial charge in [0.25, 0.3) is 0 Å². The molecular formula is C13H23N3O4. The number of carbonyl (C=O) groups excluding carboxylic acids is 2. The van der Waals surface area contributed by atoms with Crippen molar-refractivity contribution >= 4 is 17.9 Å². The van der Waals surface area contributed by atoms with Gasteiger partial charge in [-0.25, -0.2) is 4.79 Å². The summed E-state index contributed by atoms with van der Waals surface area (Å²) in [4.78, 5) is 33.6. The Morgan fingerprint density at radius 3 is 2.35 bits per heavy atom. The molecule has 114 valence electrons. The van der Waals surface area contributed by atoms with E-state index in [0.717, 1.165) is 19.3 Å². The van der Waals surface area contributed by atoms with Gasteiger partial charge in [-0.1, -0.05) is 6.92 Å². The lowest BCUT2D eigenvalue weighted by molar-refractivity contribution is -0.143. The first-order chi connectivity index (χ1) is 9.52. The van der Waals surface area contributed by atoms with Crippen LogP contribution in [0.4, 0.5) is 4.79 Å². The molecule has 1 fully saturated rings. The van der Waals surface area contributed by atoms with Crippen molar-refractivity contribution in [3.8, 4) is 0 Å². The van der Waals surface area contributed by atoms with Gasteiger partial charge < -0.3 is 15.7 Å². The Hall–Kier alpha value is -1.63. The summed E-state index contributed by atoms with van der Waals surface area (Å²) in [5.41, 5.74) is 0. The normalized spacial score (nSPS) is 22.1. The molecule has 7 heteroatoms. The number of imide groups is 1. The Balaban J connectivity index is 2.16. The van der Waals surface area contributed by atoms with Gasteiger partial charge in [-0.05, 0) is 32.1 Å². The van der Waals surface area contributed by atoms with Crippen molar-refractivity contribution in [3.63, 3.8) is 0 Å². The van der Waals surface area contributed by atoms with Gasteiger partial charge >= 0.3 is 12.0 Å². The molecule has 0 aromatic carbocycles. The fourth-order valence-electron chi connectivity index (χ4n) is 2.24. The third kappa shape index (κ3) is 6.01. The number of carboxylic acid groups (broad SMARTS) is 1. The van der Waals surface area contributed by atoms with Crippen LogP contribution in [0.5, 0.6) is 0 Å². The van der Waals surface area contributed by atoms with Crippen molar-refractivity contribution in [3.05, 3.63) is 0 Å². The van der Waals surface area contributed by atoms with Gasteiger partial charge in [0.1, 0.15) is 0 Å². The van der Waals surface area contributed by atoms with Crippen molar-refractivity contribution in [1.82, 2.24) is 16.0 Å². The van der Waals surface area contributed by atoms with E-state index >= 15 is 0 Å². The molecule has 0 unspecified atom stereocenters. The molecule has 0 spiro atoms. The largest absolute Gasteiger partial charge is 0.481 e. The molecule has 0 atom stereocenters. The lowest BCUT2D eigenvalue weighted by atomic mass is 9.86. The first-order valence-electron chi connectivity index (χ1n) is 7.06. The van der Waals surface area contributed by atoms with E-state index < -0.39 is 12.0 Å². The minimum atomic E-state index is -0.742. The highest BCUT2D eigenvalue weighted by Crippen LogP contribution is 2.24. The van der Waals surface area contributed by atoms with Gasteiger partial charge in [0.2, 0.25) is 5.91 Å². The van der Waals surface area contributed by atoms with E-state index in [1.807, 2.05) is 6.92 Å². The van der Waals surface area contributed by atoms with Gasteiger partial charge in [-0.3, -0.25) is 14.9 Å². The summed E-state index contributed by atoms with van der Waals surface area (Å²) in [6, 6.07) is -0.330. The van der Waals surface area contributed by atoms with Crippen molar-refractivity contribution in [1.29, 1.82) is 0 Å². The lowest BCUT2D eigenvalue weighted by Gasteiger charge is -2.26. The monoisotopic (exact) mass is 285 g/mol. The van der Waals surface area contributed by atoms with Crippen LogP contribution in [0.3, 0.4) is 0 Å². The zero-order valence-electron chi connectivity index (χ0n) is 11.8. The molecule has 0 radical (unpaired) electrons. The van der Waals surface area contributed by atoms with E-state index in [4.69, 9.17) is 5.11 Å². The minimum absolute atomic E-state index is 0.0714. The fraction of sp³-hybridized carbons (Fsp3) is 0.769. The molecule has 0 heterocycles. The first-order valence-corrected chi connectivity index (χ1v) is 7.06. The number of rotatable bonds is 6. The lowest BCUT2D eigenvalue weighted by Crippen LogP contribution is -2.46. The third-order valence-electron chi connectivity index (χ3n) is 3.42. The molecule has 3 amide bonds. The molecule has 4 N–H and O–H groups in total. The van der Waals surface area contributed by atoms with Gasteiger partial charge in [0.05, 0.1) is 12.5 Å². The zero-order chi connectivity index (χ0) is 15.0. The van der Waals surface area contributed by atoms with Gasteiger partial charge in [-0.2, -0.15) is 0 Å². The average Bonchev–Trinajstić information content (AvgIpc) is 2.43. The standard InChI is InChI=1S/C13H23N3O4/c1-2-7-14-13(20)16-11(17)8-15-10-5-3-9(4-6-10)12(18)19/h9-10,15H,2-8H2,1H3,(H,18,19)(H2,14,16,17,20). The molecule has 1 saturated carbocycles. The Morgan fingerprint density at radius 2 is 1.80 bits per heavy atom. The molecule has 1 rings (SSSR count). The van der Waals surface area contributed by atoms with Gasteiger partial charge in [0, 0.05) is 12.6 Å². The van der Waals surface area contributed by atoms with E-state index in [2.05, 4.69) is 16.0 Å².